The van der Waals surface area contributed by atoms with E-state index in [9.17, 15) is 0 Å². The minimum atomic E-state index is 0.0814. The third kappa shape index (κ3) is 3.54. The number of nitrogens with zero attached hydrogens (tertiary/aromatic N) is 3. The normalized spacial score (nSPS) is 20.2. The van der Waals surface area contributed by atoms with Gasteiger partial charge in [-0.2, -0.15) is 5.10 Å². The Hall–Kier alpha value is -1.72. The first kappa shape index (κ1) is 15.2. The van der Waals surface area contributed by atoms with Crippen molar-refractivity contribution in [2.24, 2.45) is 0 Å². The predicted octanol–water partition coefficient (Wildman–Crippen LogP) is 2.68. The summed E-state index contributed by atoms with van der Waals surface area (Å²) in [6.45, 7) is 10.00. The molecule has 0 aliphatic carbocycles. The highest BCUT2D eigenvalue weighted by atomic mass is 16.5. The van der Waals surface area contributed by atoms with Gasteiger partial charge in [-0.15, -0.1) is 0 Å². The maximum atomic E-state index is 5.88. The standard InChI is InChI=1S/C17H24N4O/c1-17(2,3)16-9-14(19-20-16)11-21-7-8-22-15(12-21)13-5-4-6-18-10-13/h4-6,9-10,15H,7-8,11-12H2,1-3H3,(H,19,20)/t15-/m0/s1. The van der Waals surface area contributed by atoms with E-state index in [1.807, 2.05) is 12.3 Å². The molecule has 0 spiro atoms. The summed E-state index contributed by atoms with van der Waals surface area (Å²) in [6, 6.07) is 6.21. The fraction of sp³-hybridized carbons (Fsp3) is 0.529. The number of aromatic nitrogens is 3. The summed E-state index contributed by atoms with van der Waals surface area (Å²) in [5.74, 6) is 0. The zero-order valence-electron chi connectivity index (χ0n) is 13.5. The van der Waals surface area contributed by atoms with Gasteiger partial charge in [0.1, 0.15) is 0 Å². The first-order valence-electron chi connectivity index (χ1n) is 7.81. The Morgan fingerprint density at radius 3 is 2.95 bits per heavy atom. The van der Waals surface area contributed by atoms with Gasteiger partial charge >= 0.3 is 0 Å². The van der Waals surface area contributed by atoms with E-state index in [-0.39, 0.29) is 11.5 Å². The topological polar surface area (TPSA) is 54.0 Å². The van der Waals surface area contributed by atoms with E-state index >= 15 is 0 Å². The van der Waals surface area contributed by atoms with Crippen LogP contribution in [0.25, 0.3) is 0 Å². The summed E-state index contributed by atoms with van der Waals surface area (Å²) in [4.78, 5) is 6.59. The highest BCUT2D eigenvalue weighted by molar-refractivity contribution is 5.17. The lowest BCUT2D eigenvalue weighted by molar-refractivity contribution is -0.0334. The molecule has 1 atom stereocenters. The molecule has 1 saturated heterocycles. The SMILES string of the molecule is CC(C)(C)c1cc(CN2CCO[C@H](c3cccnc3)C2)[nH]n1. The van der Waals surface area contributed by atoms with E-state index in [0.717, 1.165) is 43.2 Å². The Kier molecular flexibility index (Phi) is 4.27. The molecule has 2 aromatic heterocycles. The van der Waals surface area contributed by atoms with Crippen molar-refractivity contribution in [3.05, 3.63) is 47.5 Å². The lowest BCUT2D eigenvalue weighted by Gasteiger charge is -2.32. The Morgan fingerprint density at radius 2 is 2.27 bits per heavy atom. The maximum absolute atomic E-state index is 5.88. The second kappa shape index (κ2) is 6.18. The molecule has 3 rings (SSSR count). The largest absolute Gasteiger partial charge is 0.371 e. The lowest BCUT2D eigenvalue weighted by Crippen LogP contribution is -2.37. The average Bonchev–Trinajstić information content (AvgIpc) is 2.97. The van der Waals surface area contributed by atoms with Crippen LogP contribution in [0, 0.1) is 0 Å². The highest BCUT2D eigenvalue weighted by Gasteiger charge is 2.23. The maximum Gasteiger partial charge on any atom is 0.0967 e. The first-order valence-corrected chi connectivity index (χ1v) is 7.81. The minimum Gasteiger partial charge on any atom is -0.371 e. The molecule has 0 saturated carbocycles. The second-order valence-corrected chi connectivity index (χ2v) is 6.91. The van der Waals surface area contributed by atoms with Crippen LogP contribution < -0.4 is 0 Å². The van der Waals surface area contributed by atoms with Crippen molar-refractivity contribution in [1.82, 2.24) is 20.1 Å². The summed E-state index contributed by atoms with van der Waals surface area (Å²) in [5.41, 5.74) is 3.50. The van der Waals surface area contributed by atoms with Crippen LogP contribution in [0.15, 0.2) is 30.6 Å². The zero-order valence-corrected chi connectivity index (χ0v) is 13.5. The second-order valence-electron chi connectivity index (χ2n) is 6.91. The molecular formula is C17H24N4O. The Balaban J connectivity index is 1.64. The third-order valence-corrected chi connectivity index (χ3v) is 4.00. The van der Waals surface area contributed by atoms with E-state index in [4.69, 9.17) is 4.74 Å². The molecule has 1 aliphatic heterocycles. The third-order valence-electron chi connectivity index (χ3n) is 4.00. The Morgan fingerprint density at radius 1 is 1.41 bits per heavy atom. The molecule has 5 heteroatoms. The average molecular weight is 300 g/mol. The molecule has 0 bridgehead atoms. The van der Waals surface area contributed by atoms with E-state index in [1.165, 1.54) is 0 Å². The van der Waals surface area contributed by atoms with E-state index < -0.39 is 0 Å². The van der Waals surface area contributed by atoms with Crippen molar-refractivity contribution in [3.63, 3.8) is 0 Å². The van der Waals surface area contributed by atoms with E-state index in [0.29, 0.717) is 0 Å². The quantitative estimate of drug-likeness (QED) is 0.947. The number of H-pyrrole nitrogens is 1. The van der Waals surface area contributed by atoms with Crippen molar-refractivity contribution in [2.75, 3.05) is 19.7 Å². The van der Waals surface area contributed by atoms with E-state index in [2.05, 4.69) is 53.0 Å². The van der Waals surface area contributed by atoms with Crippen LogP contribution in [0.2, 0.25) is 0 Å². The van der Waals surface area contributed by atoms with Crippen molar-refractivity contribution in [1.29, 1.82) is 0 Å². The Labute approximate surface area is 131 Å². The van der Waals surface area contributed by atoms with Crippen molar-refractivity contribution in [3.8, 4) is 0 Å². The molecule has 1 fully saturated rings. The number of aromatic amines is 1. The number of ether oxygens (including phenoxy) is 1. The number of morpholine rings is 1. The van der Waals surface area contributed by atoms with Gasteiger partial charge in [0, 0.05) is 48.7 Å². The van der Waals surface area contributed by atoms with Gasteiger partial charge in [0.05, 0.1) is 18.4 Å². The van der Waals surface area contributed by atoms with Gasteiger partial charge < -0.3 is 4.74 Å². The molecule has 22 heavy (non-hydrogen) atoms. The smallest absolute Gasteiger partial charge is 0.0967 e. The molecule has 0 radical (unpaired) electrons. The van der Waals surface area contributed by atoms with Crippen molar-refractivity contribution >= 4 is 0 Å². The summed E-state index contributed by atoms with van der Waals surface area (Å²) in [6.07, 6.45) is 3.79. The summed E-state index contributed by atoms with van der Waals surface area (Å²) < 4.78 is 5.88. The van der Waals surface area contributed by atoms with Gasteiger partial charge in [-0.25, -0.2) is 0 Å². The minimum absolute atomic E-state index is 0.0814. The molecule has 0 unspecified atom stereocenters. The van der Waals surface area contributed by atoms with E-state index in [1.54, 1.807) is 6.20 Å². The first-order chi connectivity index (χ1) is 10.5. The number of hydrogen-bond acceptors (Lipinski definition) is 4. The van der Waals surface area contributed by atoms with Crippen molar-refractivity contribution in [2.45, 2.75) is 38.8 Å². The van der Waals surface area contributed by atoms with Crippen LogP contribution in [0.5, 0.6) is 0 Å². The lowest BCUT2D eigenvalue weighted by atomic mass is 9.92. The number of nitrogens with one attached hydrogen (secondary N) is 1. The van der Waals surface area contributed by atoms with Crippen molar-refractivity contribution < 1.29 is 4.74 Å². The highest BCUT2D eigenvalue weighted by Crippen LogP contribution is 2.24. The summed E-state index contributed by atoms with van der Waals surface area (Å²) >= 11 is 0. The molecule has 0 amide bonds. The Bertz CT molecular complexity index is 603. The van der Waals surface area contributed by atoms with Crippen LogP contribution in [-0.4, -0.2) is 39.8 Å². The molecule has 1 N–H and O–H groups in total. The van der Waals surface area contributed by atoms with Crippen LogP contribution in [0.3, 0.4) is 0 Å². The van der Waals surface area contributed by atoms with Gasteiger partial charge in [-0.3, -0.25) is 15.0 Å². The number of pyridine rings is 1. The van der Waals surface area contributed by atoms with Gasteiger partial charge in [0.2, 0.25) is 0 Å². The van der Waals surface area contributed by atoms with Crippen LogP contribution in [-0.2, 0) is 16.7 Å². The van der Waals surface area contributed by atoms with Gasteiger partial charge in [0.25, 0.3) is 0 Å². The molecule has 1 aliphatic rings. The number of hydrogen-bond donors (Lipinski definition) is 1. The summed E-state index contributed by atoms with van der Waals surface area (Å²) in [7, 11) is 0. The van der Waals surface area contributed by atoms with Gasteiger partial charge in [-0.05, 0) is 12.1 Å². The molecule has 5 nitrogen and oxygen atoms in total. The molecule has 118 valence electrons. The molecule has 3 heterocycles. The molecule has 2 aromatic rings. The summed E-state index contributed by atoms with van der Waals surface area (Å²) in [5, 5.41) is 7.61. The fourth-order valence-corrected chi connectivity index (χ4v) is 2.68. The van der Waals surface area contributed by atoms with Gasteiger partial charge in [-0.1, -0.05) is 26.8 Å². The zero-order chi connectivity index (χ0) is 15.6. The van der Waals surface area contributed by atoms with Crippen LogP contribution in [0.1, 0.15) is 43.8 Å². The predicted molar refractivity (Wildman–Crippen MR) is 85.5 cm³/mol. The van der Waals surface area contributed by atoms with Crippen LogP contribution in [0.4, 0.5) is 0 Å². The molecule has 0 aromatic carbocycles. The van der Waals surface area contributed by atoms with Crippen LogP contribution >= 0.6 is 0 Å². The fourth-order valence-electron chi connectivity index (χ4n) is 2.68. The van der Waals surface area contributed by atoms with Gasteiger partial charge in [0.15, 0.2) is 0 Å². The monoisotopic (exact) mass is 300 g/mol. The number of rotatable bonds is 3. The molecular weight excluding hydrogens is 276 g/mol.